The second-order valence-electron chi connectivity index (χ2n) is 4.72. The normalized spacial score (nSPS) is 44.6. The molecule has 0 bridgehead atoms. The summed E-state index contributed by atoms with van der Waals surface area (Å²) in [6.45, 7) is 8.86. The van der Waals surface area contributed by atoms with Gasteiger partial charge in [-0.25, -0.2) is 0 Å². The molecule has 0 saturated carbocycles. The monoisotopic (exact) mass is 214 g/mol. The van der Waals surface area contributed by atoms with Gasteiger partial charge in [0.1, 0.15) is 5.60 Å². The van der Waals surface area contributed by atoms with Crippen LogP contribution in [-0.4, -0.2) is 37.6 Å². The van der Waals surface area contributed by atoms with E-state index in [9.17, 15) is 0 Å². The second-order valence-corrected chi connectivity index (χ2v) is 4.72. The molecule has 0 radical (unpaired) electrons. The van der Waals surface area contributed by atoms with Crippen LogP contribution in [0.4, 0.5) is 0 Å². The van der Waals surface area contributed by atoms with E-state index in [1.54, 1.807) is 0 Å². The minimum atomic E-state index is -0.0305. The number of ether oxygens (including phenoxy) is 3. The lowest BCUT2D eigenvalue weighted by molar-refractivity contribution is -0.276. The molecule has 0 N–H and O–H groups in total. The summed E-state index contributed by atoms with van der Waals surface area (Å²) < 4.78 is 16.9. The maximum atomic E-state index is 6.01. The minimum absolute atomic E-state index is 0.0305. The highest BCUT2D eigenvalue weighted by Crippen LogP contribution is 2.34. The zero-order valence-electron chi connectivity index (χ0n) is 9.99. The van der Waals surface area contributed by atoms with Gasteiger partial charge in [0.25, 0.3) is 0 Å². The van der Waals surface area contributed by atoms with Gasteiger partial charge in [0.05, 0.1) is 32.0 Å². The summed E-state index contributed by atoms with van der Waals surface area (Å²) in [5.41, 5.74) is -0.0305. The van der Waals surface area contributed by atoms with E-state index >= 15 is 0 Å². The molecular formula is C12H22O3. The molecule has 0 aromatic rings. The molecule has 0 aliphatic carbocycles. The van der Waals surface area contributed by atoms with E-state index in [1.165, 1.54) is 6.42 Å². The lowest BCUT2D eigenvalue weighted by Gasteiger charge is -2.48. The number of hydrogen-bond acceptors (Lipinski definition) is 3. The molecule has 2 rings (SSSR count). The molecule has 15 heavy (non-hydrogen) atoms. The zero-order valence-corrected chi connectivity index (χ0v) is 9.99. The van der Waals surface area contributed by atoms with E-state index in [0.29, 0.717) is 12.0 Å². The number of hydrogen-bond donors (Lipinski definition) is 0. The standard InChI is InChI=1S/C12H22O3/c1-4-10-6-13-11(10)7-15-12(5-2)8-14-9(12)3/h9-11H,4-8H2,1-3H3. The topological polar surface area (TPSA) is 27.7 Å². The maximum absolute atomic E-state index is 6.01. The largest absolute Gasteiger partial charge is 0.375 e. The Kier molecular flexibility index (Phi) is 3.33. The molecule has 2 aliphatic rings. The molecule has 0 spiro atoms. The quantitative estimate of drug-likeness (QED) is 0.700. The van der Waals surface area contributed by atoms with Crippen LogP contribution in [0.5, 0.6) is 0 Å². The van der Waals surface area contributed by atoms with Crippen LogP contribution >= 0.6 is 0 Å². The highest BCUT2D eigenvalue weighted by Gasteiger charge is 2.46. The van der Waals surface area contributed by atoms with Crippen LogP contribution < -0.4 is 0 Å². The Balaban J connectivity index is 1.77. The van der Waals surface area contributed by atoms with Crippen molar-refractivity contribution in [1.82, 2.24) is 0 Å². The highest BCUT2D eigenvalue weighted by atomic mass is 16.6. The molecule has 3 heteroatoms. The first-order valence-corrected chi connectivity index (χ1v) is 6.09. The summed E-state index contributed by atoms with van der Waals surface area (Å²) in [5.74, 6) is 0.704. The predicted molar refractivity (Wildman–Crippen MR) is 57.9 cm³/mol. The Hall–Kier alpha value is -0.120. The molecule has 0 aromatic heterocycles. The van der Waals surface area contributed by atoms with Crippen molar-refractivity contribution in [2.75, 3.05) is 19.8 Å². The van der Waals surface area contributed by atoms with Crippen molar-refractivity contribution in [1.29, 1.82) is 0 Å². The molecular weight excluding hydrogens is 192 g/mol. The van der Waals surface area contributed by atoms with Crippen LogP contribution in [-0.2, 0) is 14.2 Å². The third-order valence-corrected chi connectivity index (χ3v) is 4.03. The molecule has 4 atom stereocenters. The second kappa shape index (κ2) is 4.40. The van der Waals surface area contributed by atoms with Gasteiger partial charge in [-0.2, -0.15) is 0 Å². The molecule has 2 saturated heterocycles. The molecule has 0 amide bonds. The van der Waals surface area contributed by atoms with Gasteiger partial charge in [-0.05, 0) is 19.8 Å². The van der Waals surface area contributed by atoms with Crippen LogP contribution in [0.1, 0.15) is 33.6 Å². The van der Waals surface area contributed by atoms with Gasteiger partial charge in [0.15, 0.2) is 0 Å². The smallest absolute Gasteiger partial charge is 0.117 e. The van der Waals surface area contributed by atoms with Crippen LogP contribution in [0.25, 0.3) is 0 Å². The average molecular weight is 214 g/mol. The van der Waals surface area contributed by atoms with E-state index in [0.717, 1.165) is 26.2 Å². The molecule has 2 heterocycles. The molecule has 0 aromatic carbocycles. The van der Waals surface area contributed by atoms with Crippen LogP contribution in [0.15, 0.2) is 0 Å². The van der Waals surface area contributed by atoms with Crippen LogP contribution in [0, 0.1) is 5.92 Å². The fourth-order valence-corrected chi connectivity index (χ4v) is 2.27. The molecule has 88 valence electrons. The van der Waals surface area contributed by atoms with Crippen LogP contribution in [0.3, 0.4) is 0 Å². The fourth-order valence-electron chi connectivity index (χ4n) is 2.27. The molecule has 2 fully saturated rings. The molecule has 2 aliphatic heterocycles. The van der Waals surface area contributed by atoms with Gasteiger partial charge in [0.2, 0.25) is 0 Å². The zero-order chi connectivity index (χ0) is 10.9. The van der Waals surface area contributed by atoms with E-state index in [2.05, 4.69) is 20.8 Å². The number of rotatable bonds is 5. The summed E-state index contributed by atoms with van der Waals surface area (Å²) in [6, 6.07) is 0. The lowest BCUT2D eigenvalue weighted by Crippen LogP contribution is -2.59. The van der Waals surface area contributed by atoms with Crippen molar-refractivity contribution in [3.05, 3.63) is 0 Å². The third kappa shape index (κ3) is 1.93. The Morgan fingerprint density at radius 2 is 2.13 bits per heavy atom. The lowest BCUT2D eigenvalue weighted by atomic mass is 9.89. The van der Waals surface area contributed by atoms with E-state index in [4.69, 9.17) is 14.2 Å². The van der Waals surface area contributed by atoms with Crippen molar-refractivity contribution in [2.45, 2.75) is 51.4 Å². The maximum Gasteiger partial charge on any atom is 0.117 e. The van der Waals surface area contributed by atoms with Gasteiger partial charge < -0.3 is 14.2 Å². The molecule has 3 nitrogen and oxygen atoms in total. The highest BCUT2D eigenvalue weighted by molar-refractivity contribution is 4.94. The first-order chi connectivity index (χ1) is 7.22. The van der Waals surface area contributed by atoms with Gasteiger partial charge >= 0.3 is 0 Å². The Morgan fingerprint density at radius 3 is 2.47 bits per heavy atom. The Bertz CT molecular complexity index is 213. The summed E-state index contributed by atoms with van der Waals surface area (Å²) in [4.78, 5) is 0. The van der Waals surface area contributed by atoms with E-state index in [-0.39, 0.29) is 11.7 Å². The van der Waals surface area contributed by atoms with Crippen molar-refractivity contribution in [2.24, 2.45) is 5.92 Å². The van der Waals surface area contributed by atoms with Gasteiger partial charge in [-0.1, -0.05) is 13.8 Å². The Morgan fingerprint density at radius 1 is 1.33 bits per heavy atom. The first-order valence-electron chi connectivity index (χ1n) is 6.09. The van der Waals surface area contributed by atoms with E-state index in [1.807, 2.05) is 0 Å². The fraction of sp³-hybridized carbons (Fsp3) is 1.00. The van der Waals surface area contributed by atoms with Crippen molar-refractivity contribution >= 4 is 0 Å². The third-order valence-electron chi connectivity index (χ3n) is 4.03. The summed E-state index contributed by atoms with van der Waals surface area (Å²) in [5, 5.41) is 0. The van der Waals surface area contributed by atoms with Gasteiger partial charge in [-0.15, -0.1) is 0 Å². The van der Waals surface area contributed by atoms with E-state index < -0.39 is 0 Å². The average Bonchev–Trinajstić information content (AvgIpc) is 2.21. The first kappa shape index (κ1) is 11.4. The van der Waals surface area contributed by atoms with Crippen molar-refractivity contribution in [3.8, 4) is 0 Å². The summed E-state index contributed by atoms with van der Waals surface area (Å²) >= 11 is 0. The SMILES string of the molecule is CCC1COC1COC1(CC)COC1C. The van der Waals surface area contributed by atoms with Crippen molar-refractivity contribution < 1.29 is 14.2 Å². The van der Waals surface area contributed by atoms with Crippen LogP contribution in [0.2, 0.25) is 0 Å². The molecule has 4 unspecified atom stereocenters. The predicted octanol–water partition coefficient (Wildman–Crippen LogP) is 2.00. The summed E-state index contributed by atoms with van der Waals surface area (Å²) in [6.07, 6.45) is 2.78. The minimum Gasteiger partial charge on any atom is -0.375 e. The van der Waals surface area contributed by atoms with Crippen molar-refractivity contribution in [3.63, 3.8) is 0 Å². The Labute approximate surface area is 92.1 Å². The summed E-state index contributed by atoms with van der Waals surface area (Å²) in [7, 11) is 0. The van der Waals surface area contributed by atoms with Gasteiger partial charge in [0, 0.05) is 5.92 Å². The van der Waals surface area contributed by atoms with Gasteiger partial charge in [-0.3, -0.25) is 0 Å².